The van der Waals surface area contributed by atoms with E-state index in [1.54, 1.807) is 31.3 Å². The molecule has 1 heterocycles. The summed E-state index contributed by atoms with van der Waals surface area (Å²) < 4.78 is 27.4. The highest BCUT2D eigenvalue weighted by Gasteiger charge is 2.31. The van der Waals surface area contributed by atoms with Gasteiger partial charge in [-0.1, -0.05) is 19.3 Å². The molecule has 1 aromatic rings. The fourth-order valence-corrected chi connectivity index (χ4v) is 5.50. The van der Waals surface area contributed by atoms with Gasteiger partial charge >= 0.3 is 0 Å². The van der Waals surface area contributed by atoms with Crippen molar-refractivity contribution in [3.05, 3.63) is 29.8 Å². The van der Waals surface area contributed by atoms with Crippen LogP contribution in [0.15, 0.2) is 29.2 Å². The van der Waals surface area contributed by atoms with Crippen molar-refractivity contribution in [3.63, 3.8) is 0 Å². The van der Waals surface area contributed by atoms with Gasteiger partial charge in [-0.2, -0.15) is 4.31 Å². The number of halogens is 1. The SMILES string of the molecule is CC1NCCN(C(=O)c2ccc(S(=O)(=O)N(C)C3CCCCC3)cc2)C1C.Cl. The predicted octanol–water partition coefficient (Wildman–Crippen LogP) is 2.88. The molecule has 0 bridgehead atoms. The number of amides is 1. The Hall–Kier alpha value is -1.15. The number of hydrogen-bond acceptors (Lipinski definition) is 4. The van der Waals surface area contributed by atoms with Gasteiger partial charge in [0.1, 0.15) is 0 Å². The van der Waals surface area contributed by atoms with Gasteiger partial charge in [0.05, 0.1) is 4.90 Å². The van der Waals surface area contributed by atoms with Crippen LogP contribution >= 0.6 is 12.4 Å². The number of hydrogen-bond donors (Lipinski definition) is 1. The fourth-order valence-electron chi connectivity index (χ4n) is 4.09. The second kappa shape index (κ2) is 9.57. The second-order valence-corrected chi connectivity index (χ2v) is 9.82. The van der Waals surface area contributed by atoms with Gasteiger partial charge in [0, 0.05) is 43.8 Å². The zero-order valence-corrected chi connectivity index (χ0v) is 18.6. The Morgan fingerprint density at radius 1 is 1.11 bits per heavy atom. The zero-order chi connectivity index (χ0) is 19.6. The maximum Gasteiger partial charge on any atom is 0.254 e. The molecule has 1 aliphatic carbocycles. The standard InChI is InChI=1S/C20H31N3O3S.ClH/c1-15-16(2)23(14-13-21-15)20(24)17-9-11-19(12-10-17)27(25,26)22(3)18-7-5-4-6-8-18;/h9-12,15-16,18,21H,4-8,13-14H2,1-3H3;1H. The molecule has 28 heavy (non-hydrogen) atoms. The molecule has 3 rings (SSSR count). The van der Waals surface area contributed by atoms with E-state index in [1.165, 1.54) is 10.7 Å². The minimum absolute atomic E-state index is 0. The number of sulfonamides is 1. The van der Waals surface area contributed by atoms with E-state index in [2.05, 4.69) is 12.2 Å². The van der Waals surface area contributed by atoms with Crippen molar-refractivity contribution in [2.45, 2.75) is 69.0 Å². The van der Waals surface area contributed by atoms with Gasteiger partial charge in [-0.05, 0) is 51.0 Å². The van der Waals surface area contributed by atoms with Crippen molar-refractivity contribution in [3.8, 4) is 0 Å². The van der Waals surface area contributed by atoms with Crippen LogP contribution in [0.1, 0.15) is 56.3 Å². The normalized spacial score (nSPS) is 24.1. The largest absolute Gasteiger partial charge is 0.333 e. The summed E-state index contributed by atoms with van der Waals surface area (Å²) in [5, 5.41) is 3.36. The smallest absolute Gasteiger partial charge is 0.254 e. The molecule has 1 amide bonds. The van der Waals surface area contributed by atoms with Crippen LogP contribution in [0.4, 0.5) is 0 Å². The Labute approximate surface area is 175 Å². The van der Waals surface area contributed by atoms with Crippen LogP contribution < -0.4 is 5.32 Å². The Morgan fingerprint density at radius 2 is 1.71 bits per heavy atom. The molecule has 2 unspecified atom stereocenters. The molecule has 1 aromatic carbocycles. The summed E-state index contributed by atoms with van der Waals surface area (Å²) in [5.41, 5.74) is 0.537. The highest BCUT2D eigenvalue weighted by molar-refractivity contribution is 7.89. The maximum atomic E-state index is 12.9. The number of piperazine rings is 1. The van der Waals surface area contributed by atoms with E-state index in [9.17, 15) is 13.2 Å². The zero-order valence-electron chi connectivity index (χ0n) is 16.9. The Morgan fingerprint density at radius 3 is 2.32 bits per heavy atom. The molecule has 0 aromatic heterocycles. The third kappa shape index (κ3) is 4.70. The number of nitrogens with one attached hydrogen (secondary N) is 1. The van der Waals surface area contributed by atoms with Crippen LogP contribution in [0, 0.1) is 0 Å². The highest BCUT2D eigenvalue weighted by atomic mass is 35.5. The van der Waals surface area contributed by atoms with Gasteiger partial charge in [-0.15, -0.1) is 12.4 Å². The molecule has 1 saturated carbocycles. The first-order chi connectivity index (χ1) is 12.8. The van der Waals surface area contributed by atoms with E-state index >= 15 is 0 Å². The summed E-state index contributed by atoms with van der Waals surface area (Å²) in [6, 6.07) is 6.84. The van der Waals surface area contributed by atoms with Crippen LogP contribution in [-0.2, 0) is 10.0 Å². The topological polar surface area (TPSA) is 69.7 Å². The molecule has 2 fully saturated rings. The van der Waals surface area contributed by atoms with Crippen LogP contribution in [0.5, 0.6) is 0 Å². The van der Waals surface area contributed by atoms with Gasteiger partial charge in [-0.25, -0.2) is 8.42 Å². The fraction of sp³-hybridized carbons (Fsp3) is 0.650. The first-order valence-corrected chi connectivity index (χ1v) is 11.4. The van der Waals surface area contributed by atoms with Gasteiger partial charge in [0.15, 0.2) is 0 Å². The van der Waals surface area contributed by atoms with Crippen LogP contribution in [0.2, 0.25) is 0 Å². The quantitative estimate of drug-likeness (QED) is 0.798. The lowest BCUT2D eigenvalue weighted by Crippen LogP contribution is -2.57. The molecular formula is C20H32ClN3O3S. The molecular weight excluding hydrogens is 398 g/mol. The van der Waals surface area contributed by atoms with E-state index in [0.717, 1.165) is 32.2 Å². The molecule has 8 heteroatoms. The van der Waals surface area contributed by atoms with Crippen molar-refractivity contribution < 1.29 is 13.2 Å². The minimum Gasteiger partial charge on any atom is -0.333 e. The summed E-state index contributed by atoms with van der Waals surface area (Å²) in [5.74, 6) is -0.0413. The Kier molecular flexibility index (Phi) is 7.90. The number of carbonyl (C=O) groups excluding carboxylic acids is 1. The molecule has 0 radical (unpaired) electrons. The molecule has 1 N–H and O–H groups in total. The summed E-state index contributed by atoms with van der Waals surface area (Å²) in [4.78, 5) is 15.0. The molecule has 6 nitrogen and oxygen atoms in total. The Balaban J connectivity index is 0.00000280. The lowest BCUT2D eigenvalue weighted by Gasteiger charge is -2.38. The van der Waals surface area contributed by atoms with Crippen LogP contribution in [0.3, 0.4) is 0 Å². The second-order valence-electron chi connectivity index (χ2n) is 7.82. The predicted molar refractivity (Wildman–Crippen MR) is 113 cm³/mol. The molecule has 2 atom stereocenters. The Bertz CT molecular complexity index is 763. The first kappa shape index (κ1) is 23.1. The van der Waals surface area contributed by atoms with Crippen molar-refractivity contribution in [1.82, 2.24) is 14.5 Å². The molecule has 1 aliphatic heterocycles. The lowest BCUT2D eigenvalue weighted by molar-refractivity contribution is 0.0603. The van der Waals surface area contributed by atoms with E-state index in [-0.39, 0.29) is 41.3 Å². The van der Waals surface area contributed by atoms with Crippen molar-refractivity contribution >= 4 is 28.3 Å². The monoisotopic (exact) mass is 429 g/mol. The number of rotatable bonds is 4. The van der Waals surface area contributed by atoms with Gasteiger partial charge in [0.2, 0.25) is 10.0 Å². The number of carbonyl (C=O) groups is 1. The summed E-state index contributed by atoms with van der Waals surface area (Å²) in [7, 11) is -1.85. The average molecular weight is 430 g/mol. The van der Waals surface area contributed by atoms with E-state index < -0.39 is 10.0 Å². The summed E-state index contributed by atoms with van der Waals surface area (Å²) in [6.07, 6.45) is 5.19. The highest BCUT2D eigenvalue weighted by Crippen LogP contribution is 2.26. The lowest BCUT2D eigenvalue weighted by atomic mass is 9.96. The third-order valence-corrected chi connectivity index (χ3v) is 8.09. The van der Waals surface area contributed by atoms with Gasteiger partial charge in [0.25, 0.3) is 5.91 Å². The number of benzene rings is 1. The van der Waals surface area contributed by atoms with Crippen molar-refractivity contribution in [1.29, 1.82) is 0 Å². The molecule has 0 spiro atoms. The van der Waals surface area contributed by atoms with Gasteiger partial charge in [-0.3, -0.25) is 4.79 Å². The molecule has 1 saturated heterocycles. The third-order valence-electron chi connectivity index (χ3n) is 6.16. The molecule has 158 valence electrons. The average Bonchev–Trinajstić information content (AvgIpc) is 2.69. The first-order valence-electron chi connectivity index (χ1n) is 9.95. The van der Waals surface area contributed by atoms with Crippen molar-refractivity contribution in [2.24, 2.45) is 0 Å². The summed E-state index contributed by atoms with van der Waals surface area (Å²) >= 11 is 0. The molecule has 2 aliphatic rings. The minimum atomic E-state index is -3.53. The summed E-state index contributed by atoms with van der Waals surface area (Å²) in [6.45, 7) is 5.54. The van der Waals surface area contributed by atoms with Gasteiger partial charge < -0.3 is 10.2 Å². The maximum absolute atomic E-state index is 12.9. The van der Waals surface area contributed by atoms with E-state index in [0.29, 0.717) is 12.1 Å². The van der Waals surface area contributed by atoms with E-state index in [4.69, 9.17) is 0 Å². The number of nitrogens with zero attached hydrogens (tertiary/aromatic N) is 2. The van der Waals surface area contributed by atoms with Crippen LogP contribution in [0.25, 0.3) is 0 Å². The van der Waals surface area contributed by atoms with Crippen LogP contribution in [-0.4, -0.2) is 61.8 Å². The van der Waals surface area contributed by atoms with E-state index in [1.807, 2.05) is 11.8 Å². The van der Waals surface area contributed by atoms with Crippen molar-refractivity contribution in [2.75, 3.05) is 20.1 Å².